The monoisotopic (exact) mass is 412 g/mol. The molecule has 1 aromatic heterocycles. The summed E-state index contributed by atoms with van der Waals surface area (Å²) < 4.78 is 13.0. The molecule has 1 fully saturated rings. The van der Waals surface area contributed by atoms with Crippen LogP contribution in [0.3, 0.4) is 0 Å². The van der Waals surface area contributed by atoms with Crippen molar-refractivity contribution in [2.45, 2.75) is 0 Å². The Hall–Kier alpha value is -3.17. The van der Waals surface area contributed by atoms with E-state index in [-0.39, 0.29) is 5.69 Å². The van der Waals surface area contributed by atoms with Crippen LogP contribution in [0.25, 0.3) is 11.3 Å². The van der Waals surface area contributed by atoms with Gasteiger partial charge in [-0.05, 0) is 24.3 Å². The number of rotatable bonds is 5. The predicted octanol–water partition coefficient (Wildman–Crippen LogP) is 3.33. The number of morpholine rings is 1. The van der Waals surface area contributed by atoms with Gasteiger partial charge in [-0.25, -0.2) is 9.67 Å². The van der Waals surface area contributed by atoms with Crippen LogP contribution in [0.5, 0.6) is 5.75 Å². The van der Waals surface area contributed by atoms with Crippen LogP contribution >= 0.6 is 11.3 Å². The van der Waals surface area contributed by atoms with Crippen LogP contribution < -0.4 is 14.5 Å². The summed E-state index contributed by atoms with van der Waals surface area (Å²) in [7, 11) is 1.63. The van der Waals surface area contributed by atoms with E-state index in [1.54, 1.807) is 19.2 Å². The molecule has 0 aliphatic carbocycles. The van der Waals surface area contributed by atoms with Crippen LogP contribution in [0.2, 0.25) is 0 Å². The fourth-order valence-electron chi connectivity index (χ4n) is 3.18. The zero-order chi connectivity index (χ0) is 20.2. The van der Waals surface area contributed by atoms with Crippen molar-refractivity contribution in [2.24, 2.45) is 4.99 Å². The van der Waals surface area contributed by atoms with E-state index >= 15 is 0 Å². The molecule has 1 saturated heterocycles. The Labute approximate surface area is 171 Å². The van der Waals surface area contributed by atoms with E-state index in [9.17, 15) is 10.1 Å². The van der Waals surface area contributed by atoms with E-state index in [1.165, 1.54) is 23.5 Å². The molecule has 0 N–H and O–H groups in total. The zero-order valence-electron chi connectivity index (χ0n) is 15.9. The van der Waals surface area contributed by atoms with Crippen molar-refractivity contribution < 1.29 is 14.4 Å². The van der Waals surface area contributed by atoms with Gasteiger partial charge in [-0.15, -0.1) is 11.3 Å². The maximum atomic E-state index is 11.0. The number of methoxy groups -OCH3 is 1. The summed E-state index contributed by atoms with van der Waals surface area (Å²) in [4.78, 5) is 16.2. The molecular formula is C20H20N4O4S. The van der Waals surface area contributed by atoms with Gasteiger partial charge in [0.2, 0.25) is 4.80 Å². The molecule has 1 aliphatic heterocycles. The minimum Gasteiger partial charge on any atom is -0.494 e. The van der Waals surface area contributed by atoms with Crippen molar-refractivity contribution in [3.63, 3.8) is 0 Å². The number of benzene rings is 2. The van der Waals surface area contributed by atoms with E-state index in [0.29, 0.717) is 19.0 Å². The minimum absolute atomic E-state index is 0.0702. The molecule has 0 radical (unpaired) electrons. The van der Waals surface area contributed by atoms with Crippen LogP contribution in [0.1, 0.15) is 0 Å². The molecule has 8 nitrogen and oxygen atoms in total. The topological polar surface area (TPSA) is 82.1 Å². The number of hydrogen-bond donors (Lipinski definition) is 0. The van der Waals surface area contributed by atoms with Gasteiger partial charge in [0.05, 0.1) is 44.0 Å². The Morgan fingerprint density at radius 1 is 1.14 bits per heavy atom. The fraction of sp³-hybridized carbons (Fsp3) is 0.250. The molecule has 9 heteroatoms. The molecule has 0 bridgehead atoms. The lowest BCUT2D eigenvalue weighted by molar-refractivity contribution is -0.384. The van der Waals surface area contributed by atoms with E-state index < -0.39 is 4.92 Å². The number of nitrogens with zero attached hydrogens (tertiary/aromatic N) is 4. The van der Waals surface area contributed by atoms with Crippen molar-refractivity contribution in [2.75, 3.05) is 38.4 Å². The summed E-state index contributed by atoms with van der Waals surface area (Å²) in [6, 6.07) is 14.2. The first-order chi connectivity index (χ1) is 14.2. The molecule has 150 valence electrons. The molecule has 2 heterocycles. The molecule has 0 spiro atoms. The van der Waals surface area contributed by atoms with E-state index in [1.807, 2.05) is 29.6 Å². The zero-order valence-corrected chi connectivity index (χ0v) is 16.7. The maximum absolute atomic E-state index is 11.0. The van der Waals surface area contributed by atoms with Crippen LogP contribution in [0, 0.1) is 10.1 Å². The average Bonchev–Trinajstić information content (AvgIpc) is 3.18. The third kappa shape index (κ3) is 4.01. The van der Waals surface area contributed by atoms with Crippen LogP contribution in [0.4, 0.5) is 11.4 Å². The van der Waals surface area contributed by atoms with Gasteiger partial charge in [-0.3, -0.25) is 10.1 Å². The number of para-hydroxylation sites is 2. The first kappa shape index (κ1) is 19.2. The van der Waals surface area contributed by atoms with E-state index in [0.717, 1.165) is 34.8 Å². The summed E-state index contributed by atoms with van der Waals surface area (Å²) >= 11 is 1.51. The number of hydrogen-bond acceptors (Lipinski definition) is 7. The highest BCUT2D eigenvalue weighted by Crippen LogP contribution is 2.27. The van der Waals surface area contributed by atoms with Crippen molar-refractivity contribution >= 4 is 22.7 Å². The number of aromatic nitrogens is 1. The summed E-state index contributed by atoms with van der Waals surface area (Å²) in [6.45, 7) is 2.74. The standard InChI is InChI=1S/C20H20N4O4S/c1-27-19-5-3-2-4-17(19)21-20-23(22-10-12-28-13-11-22)18(14-29-20)15-6-8-16(9-7-15)24(25)26/h2-9,14H,10-13H2,1H3. The minimum atomic E-state index is -0.393. The number of thiazole rings is 1. The smallest absolute Gasteiger partial charge is 0.269 e. The summed E-state index contributed by atoms with van der Waals surface area (Å²) in [5.41, 5.74) is 2.63. The van der Waals surface area contributed by atoms with Gasteiger partial charge in [0, 0.05) is 23.1 Å². The van der Waals surface area contributed by atoms with Crippen LogP contribution in [0.15, 0.2) is 58.9 Å². The van der Waals surface area contributed by atoms with Gasteiger partial charge >= 0.3 is 0 Å². The maximum Gasteiger partial charge on any atom is 0.269 e. The summed E-state index contributed by atoms with van der Waals surface area (Å²) in [6.07, 6.45) is 0. The third-order valence-electron chi connectivity index (χ3n) is 4.63. The van der Waals surface area contributed by atoms with Gasteiger partial charge in [0.15, 0.2) is 0 Å². The van der Waals surface area contributed by atoms with Gasteiger partial charge in [-0.2, -0.15) is 0 Å². The van der Waals surface area contributed by atoms with Gasteiger partial charge < -0.3 is 14.5 Å². The fourth-order valence-corrected chi connectivity index (χ4v) is 4.10. The molecule has 0 atom stereocenters. The van der Waals surface area contributed by atoms with Crippen molar-refractivity contribution in [1.82, 2.24) is 4.68 Å². The Bertz CT molecular complexity index is 1070. The highest BCUT2D eigenvalue weighted by atomic mass is 32.1. The number of nitro groups is 1. The Morgan fingerprint density at radius 3 is 2.55 bits per heavy atom. The highest BCUT2D eigenvalue weighted by molar-refractivity contribution is 7.07. The number of ether oxygens (including phenoxy) is 2. The second kappa shape index (κ2) is 8.46. The number of nitro benzene ring substituents is 1. The largest absolute Gasteiger partial charge is 0.494 e. The van der Waals surface area contributed by atoms with E-state index in [4.69, 9.17) is 14.5 Å². The molecule has 3 aromatic rings. The highest BCUT2D eigenvalue weighted by Gasteiger charge is 2.18. The average molecular weight is 412 g/mol. The Balaban J connectivity index is 1.84. The number of non-ortho nitro benzene ring substituents is 1. The Morgan fingerprint density at radius 2 is 1.86 bits per heavy atom. The van der Waals surface area contributed by atoms with Crippen molar-refractivity contribution in [3.8, 4) is 17.0 Å². The lowest BCUT2D eigenvalue weighted by Crippen LogP contribution is -2.48. The lowest BCUT2D eigenvalue weighted by Gasteiger charge is -2.31. The quantitative estimate of drug-likeness (QED) is 0.474. The molecule has 0 saturated carbocycles. The molecule has 4 rings (SSSR count). The van der Waals surface area contributed by atoms with Gasteiger partial charge in [0.25, 0.3) is 5.69 Å². The van der Waals surface area contributed by atoms with Crippen molar-refractivity contribution in [3.05, 3.63) is 68.8 Å². The first-order valence-corrected chi connectivity index (χ1v) is 10.0. The van der Waals surface area contributed by atoms with Crippen LogP contribution in [-0.4, -0.2) is 43.0 Å². The normalized spacial score (nSPS) is 14.8. The summed E-state index contributed by atoms with van der Waals surface area (Å²) in [5.74, 6) is 0.700. The second-order valence-electron chi connectivity index (χ2n) is 6.37. The van der Waals surface area contributed by atoms with E-state index in [2.05, 4.69) is 9.69 Å². The molecule has 1 aliphatic rings. The van der Waals surface area contributed by atoms with Crippen LogP contribution in [-0.2, 0) is 4.74 Å². The van der Waals surface area contributed by atoms with Crippen molar-refractivity contribution in [1.29, 1.82) is 0 Å². The molecule has 0 amide bonds. The third-order valence-corrected chi connectivity index (χ3v) is 5.45. The SMILES string of the molecule is COc1ccccc1N=c1scc(-c2ccc([N+](=O)[O-])cc2)n1N1CCOCC1. The lowest BCUT2D eigenvalue weighted by atomic mass is 10.1. The summed E-state index contributed by atoms with van der Waals surface area (Å²) in [5, 5.41) is 15.2. The first-order valence-electron chi connectivity index (χ1n) is 9.13. The molecule has 29 heavy (non-hydrogen) atoms. The molecule has 0 unspecified atom stereocenters. The Kier molecular flexibility index (Phi) is 5.59. The van der Waals surface area contributed by atoms with Gasteiger partial charge in [-0.1, -0.05) is 12.1 Å². The molecular weight excluding hydrogens is 392 g/mol. The predicted molar refractivity (Wildman–Crippen MR) is 111 cm³/mol. The van der Waals surface area contributed by atoms with Gasteiger partial charge in [0.1, 0.15) is 11.4 Å². The molecule has 2 aromatic carbocycles. The second-order valence-corrected chi connectivity index (χ2v) is 7.21.